The summed E-state index contributed by atoms with van der Waals surface area (Å²) in [7, 11) is 0. The van der Waals surface area contributed by atoms with Gasteiger partial charge in [-0.15, -0.1) is 0 Å². The number of aliphatic hydroxyl groups excluding tert-OH is 1. The van der Waals surface area contributed by atoms with Crippen LogP contribution < -0.4 is 16.0 Å². The van der Waals surface area contributed by atoms with Crippen molar-refractivity contribution < 1.29 is 9.90 Å². The Morgan fingerprint density at radius 2 is 1.98 bits per heavy atom. The molecule has 4 aliphatic rings. The Morgan fingerprint density at radius 3 is 2.77 bits per heavy atom. The van der Waals surface area contributed by atoms with E-state index in [-0.39, 0.29) is 22.9 Å². The number of nitrogens with two attached hydrogens (primary N) is 1. The van der Waals surface area contributed by atoms with E-state index in [0.717, 1.165) is 85.4 Å². The van der Waals surface area contributed by atoms with Gasteiger partial charge in [0, 0.05) is 55.6 Å². The van der Waals surface area contributed by atoms with Crippen LogP contribution in [0.1, 0.15) is 58.3 Å². The third kappa shape index (κ3) is 5.05. The van der Waals surface area contributed by atoms with Crippen LogP contribution in [-0.2, 0) is 4.79 Å². The normalized spacial score (nSPS) is 23.6. The van der Waals surface area contributed by atoms with Crippen molar-refractivity contribution in [3.63, 3.8) is 0 Å². The van der Waals surface area contributed by atoms with Gasteiger partial charge >= 0.3 is 0 Å². The predicted molar refractivity (Wildman–Crippen MR) is 170 cm³/mol. The second-order valence-electron chi connectivity index (χ2n) is 12.2. The second kappa shape index (κ2) is 11.3. The summed E-state index contributed by atoms with van der Waals surface area (Å²) in [5.74, 6) is 1.10. The van der Waals surface area contributed by atoms with Gasteiger partial charge in [0.05, 0.1) is 21.6 Å². The molecule has 12 heteroatoms. The average Bonchev–Trinajstić information content (AvgIpc) is 3.63. The second-order valence-corrected chi connectivity index (χ2v) is 13.6. The molecule has 1 aromatic carbocycles. The molecule has 2 saturated heterocycles. The number of piperidine rings is 2. The number of hydrogen-bond acceptors (Lipinski definition) is 9. The third-order valence-electron chi connectivity index (χ3n) is 9.81. The molecule has 0 bridgehead atoms. The monoisotopic (exact) mass is 620 g/mol. The molecule has 0 radical (unpaired) electrons. The van der Waals surface area contributed by atoms with Crippen molar-refractivity contribution in [1.82, 2.24) is 19.3 Å². The van der Waals surface area contributed by atoms with Crippen LogP contribution in [0.2, 0.25) is 5.02 Å². The van der Waals surface area contributed by atoms with Gasteiger partial charge in [0.1, 0.15) is 11.4 Å². The number of nitrogens with one attached hydrogen (secondary N) is 1. The molecule has 7 rings (SSSR count). The lowest BCUT2D eigenvalue weighted by atomic mass is 9.74. The lowest BCUT2D eigenvalue weighted by Gasteiger charge is -2.42. The average molecular weight is 621 g/mol. The largest absolute Gasteiger partial charge is 0.493 e. The number of hydrogen-bond donors (Lipinski definition) is 3. The maximum atomic E-state index is 13.4. The maximum absolute atomic E-state index is 13.4. The highest BCUT2D eigenvalue weighted by atomic mass is 35.5. The number of aliphatic imine (C=N–C) groups is 1. The van der Waals surface area contributed by atoms with E-state index in [0.29, 0.717) is 16.8 Å². The summed E-state index contributed by atoms with van der Waals surface area (Å²) >= 11 is 8.31. The number of rotatable bonds is 5. The molecule has 5 heterocycles. The fourth-order valence-corrected chi connectivity index (χ4v) is 8.53. The van der Waals surface area contributed by atoms with Gasteiger partial charge in [0.15, 0.2) is 5.65 Å². The summed E-state index contributed by atoms with van der Waals surface area (Å²) in [5, 5.41) is 14.0. The van der Waals surface area contributed by atoms with Gasteiger partial charge in [-0.1, -0.05) is 35.9 Å². The Labute approximate surface area is 260 Å². The lowest BCUT2D eigenvalue weighted by Crippen LogP contribution is -2.47. The molecule has 3 fully saturated rings. The van der Waals surface area contributed by atoms with Crippen LogP contribution in [0.3, 0.4) is 0 Å². The van der Waals surface area contributed by atoms with E-state index < -0.39 is 5.91 Å². The Hall–Kier alpha value is -3.28. The van der Waals surface area contributed by atoms with Crippen molar-refractivity contribution >= 4 is 52.4 Å². The van der Waals surface area contributed by atoms with E-state index in [1.165, 1.54) is 24.6 Å². The van der Waals surface area contributed by atoms with Gasteiger partial charge in [-0.2, -0.15) is 0 Å². The molecular weight excluding hydrogens is 584 g/mol. The van der Waals surface area contributed by atoms with Crippen LogP contribution >= 0.6 is 23.4 Å². The first-order valence-corrected chi connectivity index (χ1v) is 16.4. The molecule has 2 aromatic heterocycles. The van der Waals surface area contributed by atoms with Gasteiger partial charge in [0.2, 0.25) is 11.8 Å². The van der Waals surface area contributed by atoms with Gasteiger partial charge in [0.25, 0.3) is 5.91 Å². The van der Waals surface area contributed by atoms with Crippen LogP contribution in [0.15, 0.2) is 63.0 Å². The summed E-state index contributed by atoms with van der Waals surface area (Å²) in [6.45, 7) is 4.61. The number of nitrogens with zero attached hydrogens (tertiary/aromatic N) is 6. The van der Waals surface area contributed by atoms with Gasteiger partial charge in [-0.25, -0.2) is 15.0 Å². The highest BCUT2D eigenvalue weighted by Crippen LogP contribution is 2.46. The first kappa shape index (κ1) is 28.5. The fourth-order valence-electron chi connectivity index (χ4n) is 7.31. The quantitative estimate of drug-likeness (QED) is 0.335. The number of benzene rings is 1. The molecular formula is C31H37ClN8O2S. The Bertz CT molecular complexity index is 1630. The van der Waals surface area contributed by atoms with Gasteiger partial charge in [-0.05, 0) is 63.0 Å². The third-order valence-corrected chi connectivity index (χ3v) is 11.4. The summed E-state index contributed by atoms with van der Waals surface area (Å²) < 4.78 is 2.05. The molecule has 3 aromatic rings. The van der Waals surface area contributed by atoms with Crippen LogP contribution in [0.5, 0.6) is 0 Å². The summed E-state index contributed by atoms with van der Waals surface area (Å²) in [6, 6.07) is 5.56. The van der Waals surface area contributed by atoms with E-state index >= 15 is 0 Å². The zero-order chi connectivity index (χ0) is 29.7. The molecule has 4 N–H and O–H groups in total. The molecule has 2 atom stereocenters. The number of amidine groups is 1. The minimum Gasteiger partial charge on any atom is -0.493 e. The lowest BCUT2D eigenvalue weighted by molar-refractivity contribution is -0.113. The molecule has 1 spiro atoms. The van der Waals surface area contributed by atoms with Crippen molar-refractivity contribution in [3.05, 3.63) is 53.3 Å². The summed E-state index contributed by atoms with van der Waals surface area (Å²) in [4.78, 5) is 33.3. The fraction of sp³-hybridized carbons (Fsp3) is 0.484. The van der Waals surface area contributed by atoms with E-state index in [9.17, 15) is 9.90 Å². The highest BCUT2D eigenvalue weighted by Gasteiger charge is 2.43. The Balaban J connectivity index is 1.10. The first-order chi connectivity index (χ1) is 20.8. The molecule has 43 heavy (non-hydrogen) atoms. The zero-order valence-electron chi connectivity index (χ0n) is 24.3. The summed E-state index contributed by atoms with van der Waals surface area (Å²) in [5.41, 5.74) is 8.32. The molecule has 226 valence electrons. The molecule has 1 aliphatic carbocycles. The SMILES string of the molecule is C[C@@H]1C(C(=O)Nc2cccc(Sc3cnc(N4CCC5(CCCC5N)CC4)n4ccnc34)c2Cl)=C(O)N=C2CCCCN21. The van der Waals surface area contributed by atoms with Crippen LogP contribution in [0, 0.1) is 5.41 Å². The molecule has 10 nitrogen and oxygen atoms in total. The van der Waals surface area contributed by atoms with Crippen molar-refractivity contribution in [2.75, 3.05) is 29.9 Å². The predicted octanol–water partition coefficient (Wildman–Crippen LogP) is 5.63. The van der Waals surface area contributed by atoms with E-state index in [4.69, 9.17) is 22.3 Å². The molecule has 1 amide bonds. The number of anilines is 2. The number of halogens is 1. The van der Waals surface area contributed by atoms with Gasteiger partial charge in [-0.3, -0.25) is 9.20 Å². The first-order valence-electron chi connectivity index (χ1n) is 15.2. The van der Waals surface area contributed by atoms with Crippen LogP contribution in [0.25, 0.3) is 5.65 Å². The number of carbonyl (C=O) groups is 1. The Kier molecular flexibility index (Phi) is 7.51. The van der Waals surface area contributed by atoms with Crippen molar-refractivity contribution in [2.24, 2.45) is 16.1 Å². The van der Waals surface area contributed by atoms with Crippen molar-refractivity contribution in [1.29, 1.82) is 0 Å². The maximum Gasteiger partial charge on any atom is 0.259 e. The number of fused-ring (bicyclic) bond motifs is 2. The Morgan fingerprint density at radius 1 is 1.14 bits per heavy atom. The number of amides is 1. The van der Waals surface area contributed by atoms with Gasteiger partial charge < -0.3 is 26.0 Å². The summed E-state index contributed by atoms with van der Waals surface area (Å²) in [6.07, 6.45) is 14.3. The molecule has 1 unspecified atom stereocenters. The minimum absolute atomic E-state index is 0.220. The van der Waals surface area contributed by atoms with E-state index in [1.807, 2.05) is 35.9 Å². The van der Waals surface area contributed by atoms with Crippen LogP contribution in [0.4, 0.5) is 11.6 Å². The number of aromatic nitrogens is 3. The van der Waals surface area contributed by atoms with E-state index in [2.05, 4.69) is 25.1 Å². The zero-order valence-corrected chi connectivity index (χ0v) is 25.9. The van der Waals surface area contributed by atoms with Crippen molar-refractivity contribution in [2.45, 2.75) is 80.2 Å². The smallest absolute Gasteiger partial charge is 0.259 e. The van der Waals surface area contributed by atoms with Crippen LogP contribution in [-0.4, -0.2) is 67.8 Å². The number of carbonyl (C=O) groups excluding carboxylic acids is 1. The highest BCUT2D eigenvalue weighted by molar-refractivity contribution is 7.99. The topological polar surface area (TPSA) is 124 Å². The minimum atomic E-state index is -0.411. The molecule has 1 saturated carbocycles. The standard InChI is InChI=1S/C31H37ClN8O2S/c1-19-25(29(42)37-24-9-2-3-14-39(19)24)28(41)36-20-6-4-7-21(26(20)32)43-22-18-35-30(40-17-13-34-27(22)40)38-15-11-31(12-16-38)10-5-8-23(31)33/h4,6-7,13,17-19,23,42H,2-3,5,8-12,14-16,33H2,1H3,(H,36,41)/t19-,23?/m1/s1. The van der Waals surface area contributed by atoms with Crippen molar-refractivity contribution in [3.8, 4) is 0 Å². The van der Waals surface area contributed by atoms with E-state index in [1.54, 1.807) is 12.3 Å². The molecule has 3 aliphatic heterocycles. The number of aliphatic hydroxyl groups is 1. The number of imidazole rings is 1.